The largest absolute Gasteiger partial charge is 0.490 e. The summed E-state index contributed by atoms with van der Waals surface area (Å²) in [6.07, 6.45) is 1.65. The molecule has 3 amide bonds. The van der Waals surface area contributed by atoms with Gasteiger partial charge in [-0.2, -0.15) is 0 Å². The molecule has 28 heavy (non-hydrogen) atoms. The minimum atomic E-state index is -0.358. The Bertz CT molecular complexity index is 943. The number of benzene rings is 2. The summed E-state index contributed by atoms with van der Waals surface area (Å²) in [4.78, 5) is 37.2. The molecule has 0 aromatic heterocycles. The predicted octanol–water partition coefficient (Wildman–Crippen LogP) is 4.41. The Morgan fingerprint density at radius 3 is 2.57 bits per heavy atom. The van der Waals surface area contributed by atoms with Crippen molar-refractivity contribution >= 4 is 52.2 Å². The molecule has 144 valence electrons. The van der Waals surface area contributed by atoms with Crippen LogP contribution in [-0.4, -0.2) is 35.1 Å². The van der Waals surface area contributed by atoms with E-state index in [2.05, 4.69) is 5.32 Å². The number of imide groups is 1. The average molecular weight is 417 g/mol. The van der Waals surface area contributed by atoms with Gasteiger partial charge in [0.15, 0.2) is 0 Å². The molecule has 0 radical (unpaired) electrons. The molecule has 1 fully saturated rings. The summed E-state index contributed by atoms with van der Waals surface area (Å²) >= 11 is 6.91. The summed E-state index contributed by atoms with van der Waals surface area (Å²) in [5.74, 6) is -0.0116. The average Bonchev–Trinajstić information content (AvgIpc) is 2.92. The number of carbonyl (C=O) groups excluding carboxylic acids is 3. The molecular formula is C20H17ClN2O4S. The van der Waals surface area contributed by atoms with Gasteiger partial charge in [-0.25, -0.2) is 0 Å². The van der Waals surface area contributed by atoms with E-state index in [0.29, 0.717) is 21.4 Å². The number of nitrogens with one attached hydrogen (secondary N) is 1. The number of para-hydroxylation sites is 1. The monoisotopic (exact) mass is 416 g/mol. The van der Waals surface area contributed by atoms with Crippen LogP contribution in [0.25, 0.3) is 6.08 Å². The number of hydrogen-bond acceptors (Lipinski definition) is 5. The highest BCUT2D eigenvalue weighted by atomic mass is 35.5. The standard InChI is InChI=1S/C20H17ClN2O4S/c1-13(24)22-15-8-6-14(7-9-15)12-18-19(25)23(20(26)28-18)10-11-27-17-5-3-2-4-16(17)21/h2-9,12H,10-11H2,1H3,(H,22,24)/b18-12-. The van der Waals surface area contributed by atoms with E-state index in [0.717, 1.165) is 22.2 Å². The Labute approximate surface area is 171 Å². The van der Waals surface area contributed by atoms with Crippen LogP contribution in [0, 0.1) is 0 Å². The number of anilines is 1. The number of thioether (sulfide) groups is 1. The van der Waals surface area contributed by atoms with Gasteiger partial charge in [-0.1, -0.05) is 35.9 Å². The van der Waals surface area contributed by atoms with Gasteiger partial charge in [-0.05, 0) is 47.7 Å². The molecule has 1 aliphatic rings. The molecule has 1 aliphatic heterocycles. The third-order valence-corrected chi connectivity index (χ3v) is 5.03. The summed E-state index contributed by atoms with van der Waals surface area (Å²) < 4.78 is 5.55. The zero-order chi connectivity index (χ0) is 20.1. The molecule has 1 saturated heterocycles. The third kappa shape index (κ3) is 4.94. The van der Waals surface area contributed by atoms with E-state index in [9.17, 15) is 14.4 Å². The molecule has 0 unspecified atom stereocenters. The first-order valence-electron chi connectivity index (χ1n) is 8.44. The molecule has 0 bridgehead atoms. The van der Waals surface area contributed by atoms with Gasteiger partial charge in [-0.3, -0.25) is 19.3 Å². The van der Waals surface area contributed by atoms with Crippen molar-refractivity contribution in [3.63, 3.8) is 0 Å². The van der Waals surface area contributed by atoms with E-state index < -0.39 is 0 Å². The van der Waals surface area contributed by atoms with Crippen molar-refractivity contribution in [2.24, 2.45) is 0 Å². The summed E-state index contributed by atoms with van der Waals surface area (Å²) in [6.45, 7) is 1.72. The van der Waals surface area contributed by atoms with Crippen molar-refractivity contribution in [1.29, 1.82) is 0 Å². The lowest BCUT2D eigenvalue weighted by Crippen LogP contribution is -2.32. The third-order valence-electron chi connectivity index (χ3n) is 3.81. The van der Waals surface area contributed by atoms with Crippen molar-refractivity contribution in [3.05, 3.63) is 64.0 Å². The maximum Gasteiger partial charge on any atom is 0.293 e. The highest BCUT2D eigenvalue weighted by Gasteiger charge is 2.34. The lowest BCUT2D eigenvalue weighted by Gasteiger charge is -2.13. The summed E-state index contributed by atoms with van der Waals surface area (Å²) in [5.41, 5.74) is 1.42. The van der Waals surface area contributed by atoms with Crippen LogP contribution in [0.1, 0.15) is 12.5 Å². The van der Waals surface area contributed by atoms with Crippen molar-refractivity contribution < 1.29 is 19.1 Å². The second kappa shape index (κ2) is 8.95. The first-order chi connectivity index (χ1) is 13.4. The Hall–Kier alpha value is -2.77. The van der Waals surface area contributed by atoms with Gasteiger partial charge in [-0.15, -0.1) is 0 Å². The van der Waals surface area contributed by atoms with Crippen molar-refractivity contribution in [2.75, 3.05) is 18.5 Å². The maximum absolute atomic E-state index is 12.5. The summed E-state index contributed by atoms with van der Waals surface area (Å²) in [6, 6.07) is 14.0. The van der Waals surface area contributed by atoms with E-state index >= 15 is 0 Å². The van der Waals surface area contributed by atoms with E-state index in [4.69, 9.17) is 16.3 Å². The van der Waals surface area contributed by atoms with Crippen LogP contribution in [0.15, 0.2) is 53.4 Å². The van der Waals surface area contributed by atoms with Crippen molar-refractivity contribution in [1.82, 2.24) is 4.90 Å². The molecule has 0 aliphatic carbocycles. The van der Waals surface area contributed by atoms with Gasteiger partial charge in [0.05, 0.1) is 16.5 Å². The second-order valence-electron chi connectivity index (χ2n) is 5.92. The molecular weight excluding hydrogens is 400 g/mol. The van der Waals surface area contributed by atoms with E-state index in [1.807, 2.05) is 0 Å². The molecule has 3 rings (SSSR count). The number of amides is 3. The van der Waals surface area contributed by atoms with Crippen LogP contribution >= 0.6 is 23.4 Å². The molecule has 0 atom stereocenters. The van der Waals surface area contributed by atoms with Gasteiger partial charge in [0.25, 0.3) is 11.1 Å². The molecule has 0 saturated carbocycles. The Morgan fingerprint density at radius 2 is 1.89 bits per heavy atom. The Morgan fingerprint density at radius 1 is 1.18 bits per heavy atom. The summed E-state index contributed by atoms with van der Waals surface area (Å²) in [5, 5.41) is 2.80. The fourth-order valence-corrected chi connectivity index (χ4v) is 3.57. The smallest absolute Gasteiger partial charge is 0.293 e. The number of ether oxygens (including phenoxy) is 1. The van der Waals surface area contributed by atoms with Crippen molar-refractivity contribution in [3.8, 4) is 5.75 Å². The molecule has 1 N–H and O–H groups in total. The topological polar surface area (TPSA) is 75.7 Å². The van der Waals surface area contributed by atoms with Crippen LogP contribution < -0.4 is 10.1 Å². The number of halogens is 1. The van der Waals surface area contributed by atoms with Crippen LogP contribution in [0.2, 0.25) is 5.02 Å². The van der Waals surface area contributed by atoms with Crippen LogP contribution in [0.5, 0.6) is 5.75 Å². The predicted molar refractivity (Wildman–Crippen MR) is 110 cm³/mol. The van der Waals surface area contributed by atoms with Gasteiger partial charge >= 0.3 is 0 Å². The maximum atomic E-state index is 12.5. The van der Waals surface area contributed by atoms with E-state index in [-0.39, 0.29) is 30.2 Å². The fraction of sp³-hybridized carbons (Fsp3) is 0.150. The lowest BCUT2D eigenvalue weighted by atomic mass is 10.2. The lowest BCUT2D eigenvalue weighted by molar-refractivity contribution is -0.123. The fourth-order valence-electron chi connectivity index (χ4n) is 2.52. The highest BCUT2D eigenvalue weighted by molar-refractivity contribution is 8.18. The Kier molecular flexibility index (Phi) is 6.38. The first-order valence-corrected chi connectivity index (χ1v) is 9.64. The zero-order valence-corrected chi connectivity index (χ0v) is 16.5. The number of carbonyl (C=O) groups is 3. The molecule has 6 nitrogen and oxygen atoms in total. The first kappa shape index (κ1) is 20.0. The molecule has 2 aromatic rings. The molecule has 2 aromatic carbocycles. The normalized spacial score (nSPS) is 15.2. The number of rotatable bonds is 6. The second-order valence-corrected chi connectivity index (χ2v) is 7.32. The van der Waals surface area contributed by atoms with Crippen LogP contribution in [0.3, 0.4) is 0 Å². The van der Waals surface area contributed by atoms with Gasteiger partial charge < -0.3 is 10.1 Å². The Balaban J connectivity index is 1.62. The van der Waals surface area contributed by atoms with Crippen molar-refractivity contribution in [2.45, 2.75) is 6.92 Å². The van der Waals surface area contributed by atoms with Gasteiger partial charge in [0.2, 0.25) is 5.91 Å². The highest BCUT2D eigenvalue weighted by Crippen LogP contribution is 2.32. The quantitative estimate of drug-likeness (QED) is 0.706. The minimum Gasteiger partial charge on any atom is -0.490 e. The van der Waals surface area contributed by atoms with Crippen LogP contribution in [0.4, 0.5) is 10.5 Å². The minimum absolute atomic E-state index is 0.134. The molecule has 1 heterocycles. The SMILES string of the molecule is CC(=O)Nc1ccc(/C=C2\SC(=O)N(CCOc3ccccc3Cl)C2=O)cc1. The number of nitrogens with zero attached hydrogens (tertiary/aromatic N) is 1. The van der Waals surface area contributed by atoms with Crippen LogP contribution in [-0.2, 0) is 9.59 Å². The zero-order valence-electron chi connectivity index (χ0n) is 15.0. The van der Waals surface area contributed by atoms with E-state index in [1.54, 1.807) is 54.6 Å². The summed E-state index contributed by atoms with van der Waals surface area (Å²) in [7, 11) is 0. The van der Waals surface area contributed by atoms with Gasteiger partial charge in [0, 0.05) is 12.6 Å². The van der Waals surface area contributed by atoms with Gasteiger partial charge in [0.1, 0.15) is 12.4 Å². The van der Waals surface area contributed by atoms with E-state index in [1.165, 1.54) is 6.92 Å². The molecule has 0 spiro atoms. The molecule has 8 heteroatoms. The number of hydrogen-bond donors (Lipinski definition) is 1.